The quantitative estimate of drug-likeness (QED) is 0.742. The number of ether oxygens (including phenoxy) is 1. The van der Waals surface area contributed by atoms with Gasteiger partial charge in [-0.25, -0.2) is 4.79 Å². The lowest BCUT2D eigenvalue weighted by molar-refractivity contribution is 0.0599. The Balaban J connectivity index is 2.35. The lowest BCUT2D eigenvalue weighted by Gasteiger charge is -2.04. The van der Waals surface area contributed by atoms with Crippen LogP contribution in [0.2, 0.25) is 0 Å². The van der Waals surface area contributed by atoms with Crippen molar-refractivity contribution in [3.05, 3.63) is 51.2 Å². The molecule has 21 heavy (non-hydrogen) atoms. The van der Waals surface area contributed by atoms with Crippen LogP contribution in [0.15, 0.2) is 23.1 Å². The summed E-state index contributed by atoms with van der Waals surface area (Å²) in [5.41, 5.74) is 1.28. The Bertz CT molecular complexity index is 758. The van der Waals surface area contributed by atoms with Gasteiger partial charge < -0.3 is 20.0 Å². The SMILES string of the molecule is COC(=O)c1c(C)[nH]c(C(=O)Nc2ccc[nH]c2=O)c1C. The van der Waals surface area contributed by atoms with Gasteiger partial charge in [-0.3, -0.25) is 9.59 Å². The molecule has 0 aromatic carbocycles. The van der Waals surface area contributed by atoms with Gasteiger partial charge in [-0.2, -0.15) is 0 Å². The average molecular weight is 289 g/mol. The summed E-state index contributed by atoms with van der Waals surface area (Å²) in [5.74, 6) is -1.01. The Morgan fingerprint density at radius 3 is 2.62 bits per heavy atom. The minimum Gasteiger partial charge on any atom is -0.465 e. The van der Waals surface area contributed by atoms with E-state index in [1.54, 1.807) is 19.9 Å². The number of hydrogen-bond acceptors (Lipinski definition) is 4. The Morgan fingerprint density at radius 2 is 2.00 bits per heavy atom. The zero-order valence-electron chi connectivity index (χ0n) is 11.9. The Labute approximate surface area is 120 Å². The highest BCUT2D eigenvalue weighted by atomic mass is 16.5. The average Bonchev–Trinajstić information content (AvgIpc) is 2.76. The van der Waals surface area contributed by atoms with Gasteiger partial charge in [0.2, 0.25) is 0 Å². The molecule has 2 aromatic heterocycles. The molecule has 0 fully saturated rings. The molecule has 7 heteroatoms. The summed E-state index contributed by atoms with van der Waals surface area (Å²) in [6.07, 6.45) is 1.47. The standard InChI is InChI=1S/C14H15N3O4/c1-7-10(14(20)21-3)8(2)16-11(7)13(19)17-9-5-4-6-15-12(9)18/h4-6,16H,1-3H3,(H,15,18)(H,17,19). The summed E-state index contributed by atoms with van der Waals surface area (Å²) in [4.78, 5) is 40.7. The number of anilines is 1. The summed E-state index contributed by atoms with van der Waals surface area (Å²) in [5, 5.41) is 2.50. The van der Waals surface area contributed by atoms with Crippen molar-refractivity contribution in [3.8, 4) is 0 Å². The molecule has 0 aliphatic heterocycles. The fraction of sp³-hybridized carbons (Fsp3) is 0.214. The summed E-state index contributed by atoms with van der Waals surface area (Å²) in [7, 11) is 1.28. The normalized spacial score (nSPS) is 10.2. The minimum absolute atomic E-state index is 0.133. The number of rotatable bonds is 3. The topological polar surface area (TPSA) is 104 Å². The molecule has 3 N–H and O–H groups in total. The van der Waals surface area contributed by atoms with Crippen LogP contribution in [-0.4, -0.2) is 29.0 Å². The van der Waals surface area contributed by atoms with Gasteiger partial charge in [0.1, 0.15) is 11.4 Å². The highest BCUT2D eigenvalue weighted by Gasteiger charge is 2.22. The van der Waals surface area contributed by atoms with Crippen molar-refractivity contribution in [3.63, 3.8) is 0 Å². The number of carbonyl (C=O) groups is 2. The number of esters is 1. The van der Waals surface area contributed by atoms with Gasteiger partial charge in [0.15, 0.2) is 0 Å². The van der Waals surface area contributed by atoms with Crippen molar-refractivity contribution in [1.29, 1.82) is 0 Å². The van der Waals surface area contributed by atoms with E-state index in [9.17, 15) is 14.4 Å². The fourth-order valence-electron chi connectivity index (χ4n) is 2.09. The van der Waals surface area contributed by atoms with E-state index in [0.29, 0.717) is 16.8 Å². The van der Waals surface area contributed by atoms with E-state index in [1.807, 2.05) is 0 Å². The molecule has 0 spiro atoms. The van der Waals surface area contributed by atoms with Crippen LogP contribution in [0.25, 0.3) is 0 Å². The molecule has 0 bridgehead atoms. The highest BCUT2D eigenvalue weighted by Crippen LogP contribution is 2.19. The summed E-state index contributed by atoms with van der Waals surface area (Å²) < 4.78 is 4.68. The number of amides is 1. The third-order valence-electron chi connectivity index (χ3n) is 3.12. The van der Waals surface area contributed by atoms with Crippen LogP contribution in [0.4, 0.5) is 5.69 Å². The Hall–Kier alpha value is -2.83. The Kier molecular flexibility index (Phi) is 3.93. The minimum atomic E-state index is -0.516. The van der Waals surface area contributed by atoms with Gasteiger partial charge in [-0.1, -0.05) is 0 Å². The number of carbonyl (C=O) groups excluding carboxylic acids is 2. The van der Waals surface area contributed by atoms with Crippen molar-refractivity contribution in [2.75, 3.05) is 12.4 Å². The van der Waals surface area contributed by atoms with Crippen LogP contribution in [0.1, 0.15) is 32.1 Å². The first-order valence-electron chi connectivity index (χ1n) is 6.22. The molecular weight excluding hydrogens is 274 g/mol. The Morgan fingerprint density at radius 1 is 1.29 bits per heavy atom. The van der Waals surface area contributed by atoms with E-state index < -0.39 is 17.4 Å². The van der Waals surface area contributed by atoms with E-state index >= 15 is 0 Å². The van der Waals surface area contributed by atoms with Crippen molar-refractivity contribution in [1.82, 2.24) is 9.97 Å². The first-order chi connectivity index (χ1) is 9.95. The molecule has 0 unspecified atom stereocenters. The fourth-order valence-corrected chi connectivity index (χ4v) is 2.09. The second-order valence-corrected chi connectivity index (χ2v) is 4.48. The first-order valence-corrected chi connectivity index (χ1v) is 6.22. The van der Waals surface area contributed by atoms with Crippen LogP contribution >= 0.6 is 0 Å². The maximum absolute atomic E-state index is 12.2. The zero-order valence-corrected chi connectivity index (χ0v) is 11.9. The summed E-state index contributed by atoms with van der Waals surface area (Å²) >= 11 is 0. The molecule has 7 nitrogen and oxygen atoms in total. The van der Waals surface area contributed by atoms with Crippen molar-refractivity contribution in [2.24, 2.45) is 0 Å². The molecule has 1 amide bonds. The van der Waals surface area contributed by atoms with Crippen LogP contribution in [0, 0.1) is 13.8 Å². The molecule has 110 valence electrons. The van der Waals surface area contributed by atoms with Gasteiger partial charge in [0.25, 0.3) is 11.5 Å². The molecule has 2 rings (SSSR count). The molecule has 0 saturated heterocycles. The summed E-state index contributed by atoms with van der Waals surface area (Å²) in [6, 6.07) is 3.09. The van der Waals surface area contributed by atoms with Crippen LogP contribution < -0.4 is 10.9 Å². The number of H-pyrrole nitrogens is 2. The second-order valence-electron chi connectivity index (χ2n) is 4.48. The first kappa shape index (κ1) is 14.6. The highest BCUT2D eigenvalue weighted by molar-refractivity contribution is 6.06. The number of nitrogens with one attached hydrogen (secondary N) is 3. The molecule has 2 aromatic rings. The largest absolute Gasteiger partial charge is 0.465 e. The van der Waals surface area contributed by atoms with E-state index in [2.05, 4.69) is 20.0 Å². The number of aromatic amines is 2. The van der Waals surface area contributed by atoms with E-state index in [-0.39, 0.29) is 11.4 Å². The number of aryl methyl sites for hydroxylation is 1. The molecule has 0 aliphatic rings. The smallest absolute Gasteiger partial charge is 0.339 e. The van der Waals surface area contributed by atoms with Crippen molar-refractivity contribution < 1.29 is 14.3 Å². The number of pyridine rings is 1. The molecule has 0 atom stereocenters. The van der Waals surface area contributed by atoms with Crippen LogP contribution in [0.3, 0.4) is 0 Å². The molecular formula is C14H15N3O4. The van der Waals surface area contributed by atoms with Crippen LogP contribution in [-0.2, 0) is 4.74 Å². The van der Waals surface area contributed by atoms with E-state index in [4.69, 9.17) is 0 Å². The predicted octanol–water partition coefficient (Wildman–Crippen LogP) is 1.36. The molecule has 0 aliphatic carbocycles. The lowest BCUT2D eigenvalue weighted by atomic mass is 10.1. The molecule has 0 saturated carbocycles. The maximum atomic E-state index is 12.2. The van der Waals surface area contributed by atoms with Crippen molar-refractivity contribution in [2.45, 2.75) is 13.8 Å². The lowest BCUT2D eigenvalue weighted by Crippen LogP contribution is -2.20. The summed E-state index contributed by atoms with van der Waals surface area (Å²) in [6.45, 7) is 3.31. The number of aromatic nitrogens is 2. The van der Waals surface area contributed by atoms with E-state index in [1.165, 1.54) is 19.4 Å². The van der Waals surface area contributed by atoms with Gasteiger partial charge in [0.05, 0.1) is 12.7 Å². The third kappa shape index (κ3) is 2.71. The monoisotopic (exact) mass is 289 g/mol. The van der Waals surface area contributed by atoms with Gasteiger partial charge in [0, 0.05) is 11.9 Å². The van der Waals surface area contributed by atoms with Gasteiger partial charge >= 0.3 is 5.97 Å². The van der Waals surface area contributed by atoms with Crippen molar-refractivity contribution >= 4 is 17.6 Å². The number of methoxy groups -OCH3 is 1. The van der Waals surface area contributed by atoms with Crippen LogP contribution in [0.5, 0.6) is 0 Å². The van der Waals surface area contributed by atoms with Gasteiger partial charge in [-0.05, 0) is 31.5 Å². The van der Waals surface area contributed by atoms with Gasteiger partial charge in [-0.15, -0.1) is 0 Å². The second kappa shape index (κ2) is 5.66. The molecule has 0 radical (unpaired) electrons. The maximum Gasteiger partial charge on any atom is 0.339 e. The third-order valence-corrected chi connectivity index (χ3v) is 3.12. The van der Waals surface area contributed by atoms with E-state index in [0.717, 1.165) is 0 Å². The predicted molar refractivity (Wildman–Crippen MR) is 76.6 cm³/mol. The number of hydrogen-bond donors (Lipinski definition) is 3. The zero-order chi connectivity index (χ0) is 15.6. The molecule has 2 heterocycles.